The van der Waals surface area contributed by atoms with Crippen LogP contribution in [-0.2, 0) is 26.5 Å². The van der Waals surface area contributed by atoms with Gasteiger partial charge in [-0.3, -0.25) is 4.79 Å². The predicted molar refractivity (Wildman–Crippen MR) is 423 cm³/mol. The fourth-order valence-electron chi connectivity index (χ4n) is 32.3. The number of hydrogen-bond donors (Lipinski definition) is 4. The van der Waals surface area contributed by atoms with Gasteiger partial charge in [-0.2, -0.15) is 0 Å². The van der Waals surface area contributed by atoms with Crippen LogP contribution < -0.4 is 22.9 Å². The molecule has 4 saturated heterocycles. The molecule has 0 spiro atoms. The molecule has 4 aromatic rings. The van der Waals surface area contributed by atoms with Gasteiger partial charge < -0.3 is 42.5 Å². The molecular weight excluding hydrogens is 1260 g/mol. The summed E-state index contributed by atoms with van der Waals surface area (Å²) < 4.78 is 0. The summed E-state index contributed by atoms with van der Waals surface area (Å²) in [5.41, 5.74) is 36.6. The van der Waals surface area contributed by atoms with E-state index in [0.29, 0.717) is 84.1 Å². The van der Waals surface area contributed by atoms with Crippen LogP contribution in [0.4, 0.5) is 0 Å². The molecule has 560 valence electrons. The number of carbonyl (C=O) groups is 1. The second-order valence-corrected chi connectivity index (χ2v) is 43.6. The van der Waals surface area contributed by atoms with Gasteiger partial charge in [0.2, 0.25) is 5.91 Å². The number of rotatable bonds is 11. The van der Waals surface area contributed by atoms with E-state index < -0.39 is 0 Å². The van der Waals surface area contributed by atoms with Gasteiger partial charge in [0.15, 0.2) is 0 Å². The van der Waals surface area contributed by atoms with Gasteiger partial charge in [0.05, 0.1) is 5.41 Å². The lowest BCUT2D eigenvalue weighted by atomic mass is 9.38. The minimum absolute atomic E-state index is 0.120. The van der Waals surface area contributed by atoms with E-state index in [2.05, 4.69) is 182 Å². The van der Waals surface area contributed by atoms with E-state index in [4.69, 9.17) is 22.9 Å². The zero-order valence-corrected chi connectivity index (χ0v) is 65.4. The largest absolute Gasteiger partial charge is 0.342 e. The molecular formula is C94H138N8O. The maximum atomic E-state index is 13.8. The first-order chi connectivity index (χ1) is 49.1. The van der Waals surface area contributed by atoms with Crippen molar-refractivity contribution < 1.29 is 4.79 Å². The first-order valence-electron chi connectivity index (χ1n) is 42.8. The summed E-state index contributed by atoms with van der Waals surface area (Å²) in [6.07, 6.45) is 41.2. The SMILES string of the molecule is CC1(C)CN(CC23CC4C[C@](C)(C2)C[C@@](c2ccccc2)(C4)C3)CC[C@H]1N.C[C@@]12CC3CC(CN4CCC(N)CC4)(C1)C[C@](c1ccccc1)(C3)C2.C[C@]12CC3CC(C(=O)N4CCC(N)CC4)(C1)C[C@@](c1ccccc1)(C3)C2.C[C@]12CC3CC(CN4CCC(N)CC4)(C1)C[C@@](c1ccccc1)(C3)C2. The van der Waals surface area contributed by atoms with Gasteiger partial charge in [-0.25, -0.2) is 0 Å². The normalized spacial score (nSPS) is 44.2. The van der Waals surface area contributed by atoms with Gasteiger partial charge in [-0.15, -0.1) is 0 Å². The highest BCUT2D eigenvalue weighted by Crippen LogP contribution is 2.75. The summed E-state index contributed by atoms with van der Waals surface area (Å²) >= 11 is 0. The summed E-state index contributed by atoms with van der Waals surface area (Å²) in [6.45, 7) is 28.0. The molecule has 20 aliphatic rings. The average Bonchev–Trinajstić information content (AvgIpc) is 0.716. The maximum Gasteiger partial charge on any atom is 0.228 e. The van der Waals surface area contributed by atoms with E-state index in [1.54, 1.807) is 16.7 Å². The monoisotopic (exact) mass is 1400 g/mol. The van der Waals surface area contributed by atoms with Crippen molar-refractivity contribution in [3.8, 4) is 0 Å². The average molecular weight is 1400 g/mol. The molecule has 16 aliphatic carbocycles. The number of hydrogen-bond acceptors (Lipinski definition) is 8. The maximum absolute atomic E-state index is 13.8. The van der Waals surface area contributed by atoms with E-state index in [-0.39, 0.29) is 22.3 Å². The quantitative estimate of drug-likeness (QED) is 0.117. The minimum Gasteiger partial charge on any atom is -0.342 e. The third-order valence-electron chi connectivity index (χ3n) is 32.9. The third-order valence-corrected chi connectivity index (χ3v) is 32.9. The first kappa shape index (κ1) is 72.0. The third kappa shape index (κ3) is 13.9. The van der Waals surface area contributed by atoms with Crippen molar-refractivity contribution in [2.45, 2.75) is 286 Å². The van der Waals surface area contributed by atoms with Gasteiger partial charge in [0.1, 0.15) is 0 Å². The summed E-state index contributed by atoms with van der Waals surface area (Å²) in [4.78, 5) is 24.2. The molecule has 16 bridgehead atoms. The lowest BCUT2D eigenvalue weighted by molar-refractivity contribution is -0.171. The summed E-state index contributed by atoms with van der Waals surface area (Å²) in [5.74, 6) is 4.01. The molecule has 4 heterocycles. The Balaban J connectivity index is 0.000000102. The van der Waals surface area contributed by atoms with Crippen molar-refractivity contribution in [1.82, 2.24) is 19.6 Å². The topological polar surface area (TPSA) is 134 Å². The van der Waals surface area contributed by atoms with Gasteiger partial charge >= 0.3 is 0 Å². The van der Waals surface area contributed by atoms with Gasteiger partial charge in [-0.1, -0.05) is 163 Å². The number of benzene rings is 4. The first-order valence-corrected chi connectivity index (χ1v) is 42.8. The zero-order valence-electron chi connectivity index (χ0n) is 65.4. The Kier molecular flexibility index (Phi) is 18.4. The van der Waals surface area contributed by atoms with E-state index in [1.807, 2.05) is 0 Å². The molecule has 17 atom stereocenters. The molecule has 103 heavy (non-hydrogen) atoms. The Hall–Kier alpha value is -3.93. The van der Waals surface area contributed by atoms with Gasteiger partial charge in [0, 0.05) is 63.4 Å². The summed E-state index contributed by atoms with van der Waals surface area (Å²) in [5, 5.41) is 0. The predicted octanol–water partition coefficient (Wildman–Crippen LogP) is 17.5. The summed E-state index contributed by atoms with van der Waals surface area (Å²) in [7, 11) is 0. The number of nitrogens with two attached hydrogens (primary N) is 4. The number of likely N-dealkylation sites (tertiary alicyclic amines) is 4. The lowest BCUT2D eigenvalue weighted by Gasteiger charge is -2.67. The molecule has 8 N–H and O–H groups in total. The van der Waals surface area contributed by atoms with Crippen LogP contribution in [0.1, 0.15) is 263 Å². The van der Waals surface area contributed by atoms with E-state index in [1.165, 1.54) is 225 Å². The Bertz CT molecular complexity index is 3530. The van der Waals surface area contributed by atoms with Crippen LogP contribution in [0.5, 0.6) is 0 Å². The number of piperidine rings is 4. The fraction of sp³-hybridized carbons (Fsp3) is 0.734. The number of nitrogens with zero attached hydrogens (tertiary/aromatic N) is 4. The highest BCUT2D eigenvalue weighted by atomic mass is 16.2. The summed E-state index contributed by atoms with van der Waals surface area (Å²) in [6, 6.07) is 47.3. The fourth-order valence-corrected chi connectivity index (χ4v) is 32.3. The van der Waals surface area contributed by atoms with Crippen LogP contribution in [0.25, 0.3) is 0 Å². The lowest BCUT2D eigenvalue weighted by Crippen LogP contribution is -2.63. The Morgan fingerprint density at radius 3 is 0.961 bits per heavy atom. The second kappa shape index (κ2) is 26.4. The second-order valence-electron chi connectivity index (χ2n) is 43.6. The molecule has 4 aromatic carbocycles. The molecule has 9 heteroatoms. The van der Waals surface area contributed by atoms with Crippen molar-refractivity contribution in [1.29, 1.82) is 0 Å². The van der Waals surface area contributed by atoms with Crippen LogP contribution in [-0.4, -0.2) is 122 Å². The highest BCUT2D eigenvalue weighted by Gasteiger charge is 2.68. The number of amides is 1. The van der Waals surface area contributed by atoms with E-state index in [0.717, 1.165) is 69.4 Å². The van der Waals surface area contributed by atoms with Crippen molar-refractivity contribution in [3.63, 3.8) is 0 Å². The molecule has 1 amide bonds. The molecule has 20 fully saturated rings. The number of carbonyl (C=O) groups excluding carboxylic acids is 1. The smallest absolute Gasteiger partial charge is 0.228 e. The van der Waals surface area contributed by atoms with Crippen molar-refractivity contribution in [3.05, 3.63) is 144 Å². The van der Waals surface area contributed by atoms with Crippen LogP contribution >= 0.6 is 0 Å². The van der Waals surface area contributed by atoms with Crippen molar-refractivity contribution in [2.75, 3.05) is 72.0 Å². The Labute approximate surface area is 624 Å². The van der Waals surface area contributed by atoms with Crippen LogP contribution in [0.3, 0.4) is 0 Å². The molecule has 0 aromatic heterocycles. The van der Waals surface area contributed by atoms with Crippen molar-refractivity contribution in [2.24, 2.45) is 95.3 Å². The Morgan fingerprint density at radius 2 is 0.631 bits per heavy atom. The highest BCUT2D eigenvalue weighted by molar-refractivity contribution is 5.84. The van der Waals surface area contributed by atoms with Crippen LogP contribution in [0, 0.1) is 72.4 Å². The molecule has 16 saturated carbocycles. The van der Waals surface area contributed by atoms with Crippen LogP contribution in [0.15, 0.2) is 121 Å². The van der Waals surface area contributed by atoms with E-state index >= 15 is 0 Å². The van der Waals surface area contributed by atoms with Gasteiger partial charge in [-0.05, 0) is 343 Å². The molecule has 8 unspecified atom stereocenters. The zero-order chi connectivity index (χ0) is 71.2. The van der Waals surface area contributed by atoms with Crippen LogP contribution in [0.2, 0.25) is 0 Å². The molecule has 24 rings (SSSR count). The molecule has 0 radical (unpaired) electrons. The molecule has 9 nitrogen and oxygen atoms in total. The van der Waals surface area contributed by atoms with Crippen molar-refractivity contribution >= 4 is 5.91 Å². The van der Waals surface area contributed by atoms with Gasteiger partial charge in [0.25, 0.3) is 0 Å². The van der Waals surface area contributed by atoms with E-state index in [9.17, 15) is 4.79 Å². The minimum atomic E-state index is -0.120. The Morgan fingerprint density at radius 1 is 0.330 bits per heavy atom. The standard InChI is InChI=1S/C25H38N2.C23H32N2O.2C23H34N2/c1-22(2)17-27(10-9-21(22)26)18-24-12-19-11-23(3,14-24)15-25(13-19,16-24)20-7-5-4-6-8-20;1-21-11-17-12-22(14-21,18-5-3-2-4-6-18)16-23(13-17,15-21)20(26)25-9-7-19(24)8-10-25;2*1-21-11-18-12-22(14-21,17-25-9-7-20(24)8-10-25)16-23(13-18,15-21)19-5-3-2-4-6-19/h4-8,19,21H,9-18,26H2,1-3H3;2-6,17,19H,7-16,24H2,1H3;2*2-6,18,20H,7-17,24H2,1H3/t19?,21-,23-,24?,25+;17?,21-,22-,23?;2*18?,21-,22?,23+/m1110/s1. The molecule has 4 aliphatic heterocycles.